The number of hydrogen-bond acceptors (Lipinski definition) is 2. The van der Waals surface area contributed by atoms with Gasteiger partial charge in [-0.05, 0) is 57.9 Å². The summed E-state index contributed by atoms with van der Waals surface area (Å²) in [5.74, 6) is 0.894. The summed E-state index contributed by atoms with van der Waals surface area (Å²) in [4.78, 5) is 4.61. The van der Waals surface area contributed by atoms with Crippen molar-refractivity contribution in [2.75, 3.05) is 34.2 Å². The highest BCUT2D eigenvalue weighted by Gasteiger charge is 2.25. The lowest BCUT2D eigenvalue weighted by atomic mass is 9.86. The molecule has 0 spiro atoms. The van der Waals surface area contributed by atoms with Crippen molar-refractivity contribution in [3.8, 4) is 0 Å². The zero-order valence-electron chi connectivity index (χ0n) is 11.7. The van der Waals surface area contributed by atoms with E-state index in [0.29, 0.717) is 6.04 Å². The van der Waals surface area contributed by atoms with Gasteiger partial charge in [0.25, 0.3) is 0 Å². The minimum Gasteiger partial charge on any atom is -0.366 e. The highest BCUT2D eigenvalue weighted by Crippen LogP contribution is 2.27. The molecule has 3 nitrogen and oxygen atoms in total. The van der Waals surface area contributed by atoms with Gasteiger partial charge in [0.05, 0.1) is 0 Å². The fourth-order valence-electron chi connectivity index (χ4n) is 2.46. The molecule has 0 saturated heterocycles. The molecular formula is C13H27N3S. The number of hydrogen-bond donors (Lipinski definition) is 1. The van der Waals surface area contributed by atoms with Crippen LogP contribution in [0.4, 0.5) is 0 Å². The van der Waals surface area contributed by atoms with Crippen LogP contribution in [0.15, 0.2) is 0 Å². The quantitative estimate of drug-likeness (QED) is 0.776. The van der Waals surface area contributed by atoms with E-state index in [1.54, 1.807) is 0 Å². The van der Waals surface area contributed by atoms with Crippen molar-refractivity contribution >= 4 is 17.3 Å². The molecule has 0 aliphatic heterocycles. The van der Waals surface area contributed by atoms with E-state index in [2.05, 4.69) is 36.1 Å². The van der Waals surface area contributed by atoms with E-state index in [4.69, 9.17) is 12.2 Å². The monoisotopic (exact) mass is 257 g/mol. The van der Waals surface area contributed by atoms with Gasteiger partial charge in [0.2, 0.25) is 0 Å². The Bertz CT molecular complexity index is 235. The zero-order valence-corrected chi connectivity index (χ0v) is 12.5. The summed E-state index contributed by atoms with van der Waals surface area (Å²) in [6.45, 7) is 4.45. The summed E-state index contributed by atoms with van der Waals surface area (Å²) >= 11 is 5.44. The first-order valence-corrected chi connectivity index (χ1v) is 7.08. The number of thiocarbonyl (C=S) groups is 1. The predicted molar refractivity (Wildman–Crippen MR) is 78.3 cm³/mol. The van der Waals surface area contributed by atoms with Gasteiger partial charge in [0.1, 0.15) is 0 Å². The molecule has 0 bridgehead atoms. The molecule has 0 amide bonds. The molecule has 0 atom stereocenters. The number of nitrogens with one attached hydrogen (secondary N) is 1. The van der Waals surface area contributed by atoms with Crippen LogP contribution in [0.2, 0.25) is 0 Å². The van der Waals surface area contributed by atoms with Crippen LogP contribution in [0.25, 0.3) is 0 Å². The Morgan fingerprint density at radius 1 is 1.18 bits per heavy atom. The van der Waals surface area contributed by atoms with Gasteiger partial charge in [-0.15, -0.1) is 0 Å². The van der Waals surface area contributed by atoms with Gasteiger partial charge in [-0.25, -0.2) is 0 Å². The van der Waals surface area contributed by atoms with E-state index in [0.717, 1.165) is 24.1 Å². The second-order valence-corrected chi connectivity index (χ2v) is 5.85. The average Bonchev–Trinajstić information content (AvgIpc) is 2.30. The summed E-state index contributed by atoms with van der Waals surface area (Å²) in [5.41, 5.74) is 0. The highest BCUT2D eigenvalue weighted by molar-refractivity contribution is 7.80. The summed E-state index contributed by atoms with van der Waals surface area (Å²) in [7, 11) is 6.16. The van der Waals surface area contributed by atoms with Crippen LogP contribution in [0.3, 0.4) is 0 Å². The highest BCUT2D eigenvalue weighted by atomic mass is 32.1. The molecule has 0 aromatic carbocycles. The molecule has 100 valence electrons. The maximum atomic E-state index is 5.44. The third-order valence-electron chi connectivity index (χ3n) is 3.69. The molecule has 1 aliphatic carbocycles. The molecule has 0 radical (unpaired) electrons. The van der Waals surface area contributed by atoms with Gasteiger partial charge < -0.3 is 15.1 Å². The van der Waals surface area contributed by atoms with Gasteiger partial charge in [0, 0.05) is 26.2 Å². The Morgan fingerprint density at radius 2 is 1.76 bits per heavy atom. The smallest absolute Gasteiger partial charge is 0.168 e. The Hall–Kier alpha value is -0.350. The van der Waals surface area contributed by atoms with E-state index in [1.807, 2.05) is 7.05 Å². The van der Waals surface area contributed by atoms with E-state index in [9.17, 15) is 0 Å². The van der Waals surface area contributed by atoms with Crippen LogP contribution in [0, 0.1) is 5.92 Å². The number of nitrogens with zero attached hydrogens (tertiary/aromatic N) is 2. The molecule has 0 unspecified atom stereocenters. The largest absolute Gasteiger partial charge is 0.366 e. The first-order chi connectivity index (χ1) is 8.04. The Labute approximate surface area is 112 Å². The molecule has 4 heteroatoms. The van der Waals surface area contributed by atoms with Crippen LogP contribution < -0.4 is 5.32 Å². The van der Waals surface area contributed by atoms with E-state index >= 15 is 0 Å². The van der Waals surface area contributed by atoms with Crippen molar-refractivity contribution in [2.45, 2.75) is 38.6 Å². The van der Waals surface area contributed by atoms with Crippen LogP contribution in [-0.4, -0.2) is 55.2 Å². The molecule has 0 aromatic heterocycles. The lowest BCUT2D eigenvalue weighted by Gasteiger charge is -2.38. The fourth-order valence-corrected chi connectivity index (χ4v) is 2.70. The van der Waals surface area contributed by atoms with Crippen LogP contribution in [-0.2, 0) is 0 Å². The molecule has 1 rings (SSSR count). The van der Waals surface area contributed by atoms with Crippen molar-refractivity contribution < 1.29 is 0 Å². The summed E-state index contributed by atoms with van der Waals surface area (Å²) in [6, 6.07) is 0.645. The maximum Gasteiger partial charge on any atom is 0.168 e. The third kappa shape index (κ3) is 4.80. The first-order valence-electron chi connectivity index (χ1n) is 6.67. The van der Waals surface area contributed by atoms with E-state index in [-0.39, 0.29) is 0 Å². The molecule has 1 saturated carbocycles. The van der Waals surface area contributed by atoms with E-state index < -0.39 is 0 Å². The van der Waals surface area contributed by atoms with Crippen molar-refractivity contribution in [1.29, 1.82) is 0 Å². The maximum absolute atomic E-state index is 5.44. The van der Waals surface area contributed by atoms with Gasteiger partial charge in [-0.2, -0.15) is 0 Å². The molecule has 0 aromatic rings. The molecule has 1 fully saturated rings. The summed E-state index contributed by atoms with van der Waals surface area (Å²) < 4.78 is 0. The summed E-state index contributed by atoms with van der Waals surface area (Å²) in [5, 5.41) is 4.04. The number of rotatable bonds is 4. The second kappa shape index (κ2) is 7.17. The normalized spacial score (nSPS) is 24.8. The van der Waals surface area contributed by atoms with Gasteiger partial charge in [-0.1, -0.05) is 6.92 Å². The van der Waals surface area contributed by atoms with E-state index in [1.165, 1.54) is 25.7 Å². The van der Waals surface area contributed by atoms with Crippen LogP contribution in [0.5, 0.6) is 0 Å². The predicted octanol–water partition coefficient (Wildman–Crippen LogP) is 1.93. The van der Waals surface area contributed by atoms with Gasteiger partial charge in [-0.3, -0.25) is 0 Å². The average molecular weight is 257 g/mol. The van der Waals surface area contributed by atoms with Crippen molar-refractivity contribution in [3.63, 3.8) is 0 Å². The van der Waals surface area contributed by atoms with Crippen molar-refractivity contribution in [3.05, 3.63) is 0 Å². The second-order valence-electron chi connectivity index (χ2n) is 5.47. The number of likely N-dealkylation sites (N-methyl/N-ethyl adjacent to an activating group) is 1. The lowest BCUT2D eigenvalue weighted by Crippen LogP contribution is -2.48. The Morgan fingerprint density at radius 3 is 2.24 bits per heavy atom. The third-order valence-corrected chi connectivity index (χ3v) is 4.13. The minimum atomic E-state index is 0.645. The van der Waals surface area contributed by atoms with Crippen LogP contribution in [0.1, 0.15) is 32.6 Å². The van der Waals surface area contributed by atoms with Gasteiger partial charge in [0.15, 0.2) is 5.11 Å². The van der Waals surface area contributed by atoms with Crippen molar-refractivity contribution in [2.24, 2.45) is 5.92 Å². The first kappa shape index (κ1) is 14.7. The van der Waals surface area contributed by atoms with Crippen molar-refractivity contribution in [1.82, 2.24) is 15.1 Å². The Kier molecular flexibility index (Phi) is 6.20. The molecule has 1 aliphatic rings. The molecule has 0 heterocycles. The van der Waals surface area contributed by atoms with Gasteiger partial charge >= 0.3 is 0 Å². The molecule has 1 N–H and O–H groups in total. The fraction of sp³-hybridized carbons (Fsp3) is 0.923. The SMILES string of the molecule is CNC(=S)N(CCN(C)C)C1CCC(C)CC1. The molecular weight excluding hydrogens is 230 g/mol. The molecule has 17 heavy (non-hydrogen) atoms. The zero-order chi connectivity index (χ0) is 12.8. The Balaban J connectivity index is 2.53. The minimum absolute atomic E-state index is 0.645. The standard InChI is InChI=1S/C13H27N3S/c1-11-5-7-12(8-6-11)16(13(17)14-2)10-9-15(3)4/h11-12H,5-10H2,1-4H3,(H,14,17). The topological polar surface area (TPSA) is 18.5 Å². The van der Waals surface area contributed by atoms with Crippen LogP contribution >= 0.6 is 12.2 Å². The lowest BCUT2D eigenvalue weighted by molar-refractivity contribution is 0.199. The summed E-state index contributed by atoms with van der Waals surface area (Å²) in [6.07, 6.45) is 5.26.